The van der Waals surface area contributed by atoms with Crippen LogP contribution in [0, 0.1) is 0 Å². The first-order valence-corrected chi connectivity index (χ1v) is 8.69. The Labute approximate surface area is 148 Å². The number of nitrogens with zero attached hydrogens (tertiary/aromatic N) is 3. The molecule has 0 spiro atoms. The highest BCUT2D eigenvalue weighted by Gasteiger charge is 2.13. The van der Waals surface area contributed by atoms with Gasteiger partial charge in [0.05, 0.1) is 12.2 Å². The number of rotatable bonds is 6. The Balaban J connectivity index is 1.50. The topological polar surface area (TPSA) is 119 Å². The van der Waals surface area contributed by atoms with E-state index in [-0.39, 0.29) is 31.0 Å². The van der Waals surface area contributed by atoms with Gasteiger partial charge in [0, 0.05) is 37.8 Å². The quantitative estimate of drug-likeness (QED) is 0.698. The molecule has 2 heterocycles. The third kappa shape index (κ3) is 4.35. The Kier molecular flexibility index (Phi) is 5.45. The van der Waals surface area contributed by atoms with Gasteiger partial charge in [0.2, 0.25) is 5.91 Å². The zero-order valence-electron chi connectivity index (χ0n) is 14.4. The second-order valence-electron chi connectivity index (χ2n) is 6.29. The van der Waals surface area contributed by atoms with Crippen molar-refractivity contribution in [2.24, 2.45) is 0 Å². The highest BCUT2D eigenvalue weighted by Crippen LogP contribution is 2.16. The minimum atomic E-state index is -0.546. The lowest BCUT2D eigenvalue weighted by Gasteiger charge is -2.16. The van der Waals surface area contributed by atoms with Gasteiger partial charge < -0.3 is 9.88 Å². The zero-order valence-corrected chi connectivity index (χ0v) is 14.4. The third-order valence-corrected chi connectivity index (χ3v) is 4.40. The van der Waals surface area contributed by atoms with Crippen molar-refractivity contribution in [1.29, 1.82) is 0 Å². The van der Waals surface area contributed by atoms with Crippen molar-refractivity contribution in [3.8, 4) is 0 Å². The van der Waals surface area contributed by atoms with Crippen molar-refractivity contribution < 1.29 is 4.79 Å². The summed E-state index contributed by atoms with van der Waals surface area (Å²) in [4.78, 5) is 48.6. The van der Waals surface area contributed by atoms with E-state index in [9.17, 15) is 19.2 Å². The molecule has 0 bridgehead atoms. The predicted octanol–water partition coefficient (Wildman–Crippen LogP) is -0.821. The molecule has 0 aromatic carbocycles. The summed E-state index contributed by atoms with van der Waals surface area (Å²) in [5.74, 6) is -0.242. The first kappa shape index (κ1) is 17.8. The Bertz CT molecular complexity index is 972. The van der Waals surface area contributed by atoms with Crippen LogP contribution in [0.15, 0.2) is 32.7 Å². The van der Waals surface area contributed by atoms with Crippen LogP contribution in [-0.2, 0) is 30.7 Å². The number of H-pyrrole nitrogens is 1. The molecule has 0 radical (unpaired) electrons. The van der Waals surface area contributed by atoms with Crippen LogP contribution in [0.1, 0.15) is 30.5 Å². The second kappa shape index (κ2) is 7.94. The van der Waals surface area contributed by atoms with E-state index in [1.807, 2.05) is 0 Å². The van der Waals surface area contributed by atoms with Gasteiger partial charge in [-0.05, 0) is 31.2 Å². The van der Waals surface area contributed by atoms with Crippen LogP contribution in [-0.4, -0.2) is 31.8 Å². The monoisotopic (exact) mass is 359 g/mol. The maximum absolute atomic E-state index is 12.1. The summed E-state index contributed by atoms with van der Waals surface area (Å²) in [5, 5.41) is 7.11. The predicted molar refractivity (Wildman–Crippen MR) is 94.1 cm³/mol. The Hall–Kier alpha value is -2.97. The SMILES string of the molecule is O=C(CCn1ccc(=O)[nH]c1=O)NCCn1nc2c(cc1=O)CCCC2. The van der Waals surface area contributed by atoms with E-state index in [1.54, 1.807) is 6.07 Å². The van der Waals surface area contributed by atoms with E-state index < -0.39 is 11.2 Å². The van der Waals surface area contributed by atoms with Crippen molar-refractivity contribution in [3.05, 3.63) is 60.8 Å². The van der Waals surface area contributed by atoms with Crippen LogP contribution in [0.3, 0.4) is 0 Å². The molecule has 2 N–H and O–H groups in total. The number of carbonyl (C=O) groups excluding carboxylic acids is 1. The summed E-state index contributed by atoms with van der Waals surface area (Å²) in [6.07, 6.45) is 5.41. The Morgan fingerprint density at radius 2 is 2.00 bits per heavy atom. The molecule has 0 unspecified atom stereocenters. The summed E-state index contributed by atoms with van der Waals surface area (Å²) in [6, 6.07) is 2.87. The van der Waals surface area contributed by atoms with Gasteiger partial charge in [-0.15, -0.1) is 0 Å². The highest BCUT2D eigenvalue weighted by atomic mass is 16.2. The van der Waals surface area contributed by atoms with Crippen LogP contribution in [0.25, 0.3) is 0 Å². The number of aromatic amines is 1. The average molecular weight is 359 g/mol. The first-order valence-electron chi connectivity index (χ1n) is 8.69. The van der Waals surface area contributed by atoms with Crippen molar-refractivity contribution in [2.45, 2.75) is 45.2 Å². The molecule has 138 valence electrons. The van der Waals surface area contributed by atoms with E-state index in [0.29, 0.717) is 6.54 Å². The summed E-state index contributed by atoms with van der Waals surface area (Å²) in [5.41, 5.74) is 0.834. The van der Waals surface area contributed by atoms with Crippen molar-refractivity contribution in [1.82, 2.24) is 24.6 Å². The minimum Gasteiger partial charge on any atom is -0.354 e. The average Bonchev–Trinajstić information content (AvgIpc) is 2.61. The molecule has 1 aliphatic rings. The normalized spacial score (nSPS) is 13.2. The number of hydrogen-bond acceptors (Lipinski definition) is 5. The molecule has 9 nitrogen and oxygen atoms in total. The van der Waals surface area contributed by atoms with Crippen LogP contribution in [0.4, 0.5) is 0 Å². The lowest BCUT2D eigenvalue weighted by molar-refractivity contribution is -0.121. The summed E-state index contributed by atoms with van der Waals surface area (Å²) < 4.78 is 2.65. The number of hydrogen-bond donors (Lipinski definition) is 2. The van der Waals surface area contributed by atoms with Crippen molar-refractivity contribution in [3.63, 3.8) is 0 Å². The molecule has 0 saturated carbocycles. The molecule has 3 rings (SSSR count). The molecule has 2 aromatic heterocycles. The van der Waals surface area contributed by atoms with Crippen LogP contribution in [0.2, 0.25) is 0 Å². The lowest BCUT2D eigenvalue weighted by Crippen LogP contribution is -2.34. The van der Waals surface area contributed by atoms with Gasteiger partial charge >= 0.3 is 5.69 Å². The van der Waals surface area contributed by atoms with E-state index >= 15 is 0 Å². The maximum atomic E-state index is 12.1. The molecular weight excluding hydrogens is 338 g/mol. The van der Waals surface area contributed by atoms with Gasteiger partial charge in [-0.25, -0.2) is 9.48 Å². The number of nitrogens with one attached hydrogen (secondary N) is 2. The minimum absolute atomic E-state index is 0.0957. The molecule has 0 saturated heterocycles. The van der Waals surface area contributed by atoms with Gasteiger partial charge in [0.25, 0.3) is 11.1 Å². The van der Waals surface area contributed by atoms with E-state index in [0.717, 1.165) is 36.9 Å². The summed E-state index contributed by atoms with van der Waals surface area (Å²) >= 11 is 0. The van der Waals surface area contributed by atoms with Gasteiger partial charge in [0.1, 0.15) is 0 Å². The number of amides is 1. The molecule has 0 atom stereocenters. The second-order valence-corrected chi connectivity index (χ2v) is 6.29. The molecule has 9 heteroatoms. The molecule has 1 amide bonds. The van der Waals surface area contributed by atoms with E-state index in [2.05, 4.69) is 15.4 Å². The van der Waals surface area contributed by atoms with Gasteiger partial charge in [-0.1, -0.05) is 0 Å². The number of fused-ring (bicyclic) bond motifs is 1. The van der Waals surface area contributed by atoms with Gasteiger partial charge in [-0.2, -0.15) is 5.10 Å². The maximum Gasteiger partial charge on any atom is 0.328 e. The van der Waals surface area contributed by atoms with Crippen LogP contribution < -0.4 is 22.1 Å². The Morgan fingerprint density at radius 3 is 2.81 bits per heavy atom. The molecular formula is C17H21N5O4. The fourth-order valence-corrected chi connectivity index (χ4v) is 2.99. The van der Waals surface area contributed by atoms with Gasteiger partial charge in [0.15, 0.2) is 0 Å². The molecule has 26 heavy (non-hydrogen) atoms. The molecule has 0 fully saturated rings. The van der Waals surface area contributed by atoms with Crippen molar-refractivity contribution in [2.75, 3.05) is 6.54 Å². The lowest BCUT2D eigenvalue weighted by atomic mass is 9.97. The zero-order chi connectivity index (χ0) is 18.5. The molecule has 1 aliphatic carbocycles. The first-order chi connectivity index (χ1) is 12.5. The number of aryl methyl sites for hydroxylation is 3. The fourth-order valence-electron chi connectivity index (χ4n) is 2.99. The summed E-state index contributed by atoms with van der Waals surface area (Å²) in [6.45, 7) is 0.750. The highest BCUT2D eigenvalue weighted by molar-refractivity contribution is 5.75. The standard InChI is InChI=1S/C17H21N5O4/c23-14(5-8-21-9-6-15(24)19-17(21)26)18-7-10-22-16(25)11-12-3-1-2-4-13(12)20-22/h6,9,11H,1-5,7-8,10H2,(H,18,23)(H,19,24,26). The molecule has 2 aromatic rings. The van der Waals surface area contributed by atoms with Crippen LogP contribution >= 0.6 is 0 Å². The van der Waals surface area contributed by atoms with Gasteiger partial charge in [-0.3, -0.25) is 19.4 Å². The summed E-state index contributed by atoms with van der Waals surface area (Å²) in [7, 11) is 0. The van der Waals surface area contributed by atoms with Crippen molar-refractivity contribution >= 4 is 5.91 Å². The smallest absolute Gasteiger partial charge is 0.328 e. The number of aromatic nitrogens is 4. The molecule has 0 aliphatic heterocycles. The van der Waals surface area contributed by atoms with E-state index in [1.165, 1.54) is 21.5 Å². The van der Waals surface area contributed by atoms with E-state index in [4.69, 9.17) is 0 Å². The largest absolute Gasteiger partial charge is 0.354 e. The number of carbonyl (C=O) groups is 1. The third-order valence-electron chi connectivity index (χ3n) is 4.40. The Morgan fingerprint density at radius 1 is 1.19 bits per heavy atom. The van der Waals surface area contributed by atoms with Crippen LogP contribution in [0.5, 0.6) is 0 Å². The fraction of sp³-hybridized carbons (Fsp3) is 0.471.